The second kappa shape index (κ2) is 7.36. The zero-order valence-corrected chi connectivity index (χ0v) is 13.5. The summed E-state index contributed by atoms with van der Waals surface area (Å²) in [6.45, 7) is 6.14. The van der Waals surface area contributed by atoms with Crippen LogP contribution in [0.1, 0.15) is 30.2 Å². The lowest BCUT2D eigenvalue weighted by atomic mass is 10.1. The van der Waals surface area contributed by atoms with E-state index in [0.717, 1.165) is 17.9 Å². The fourth-order valence-corrected chi connectivity index (χ4v) is 2.97. The Bertz CT molecular complexity index is 593. The summed E-state index contributed by atoms with van der Waals surface area (Å²) in [6.07, 6.45) is 2.45. The van der Waals surface area contributed by atoms with Crippen LogP contribution in [0.5, 0.6) is 0 Å². The topological polar surface area (TPSA) is 42.2 Å². The van der Waals surface area contributed by atoms with E-state index >= 15 is 0 Å². The van der Waals surface area contributed by atoms with Crippen molar-refractivity contribution in [3.05, 3.63) is 53.5 Å². The minimum atomic E-state index is -0.0725. The van der Waals surface area contributed by atoms with E-state index in [1.165, 1.54) is 11.1 Å². The predicted octanol–water partition coefficient (Wildman–Crippen LogP) is 4.55. The Hall–Kier alpha value is -1.68. The Morgan fingerprint density at radius 3 is 2.71 bits per heavy atom. The van der Waals surface area contributed by atoms with E-state index in [-0.39, 0.29) is 11.2 Å². The molecule has 0 aliphatic carbocycles. The Morgan fingerprint density at radius 1 is 1.29 bits per heavy atom. The van der Waals surface area contributed by atoms with Gasteiger partial charge in [0.15, 0.2) is 0 Å². The summed E-state index contributed by atoms with van der Waals surface area (Å²) in [5.74, 6) is 1.67. The fourth-order valence-electron chi connectivity index (χ4n) is 2.00. The number of anilines is 1. The van der Waals surface area contributed by atoms with Crippen LogP contribution in [0, 0.1) is 13.8 Å². The molecule has 0 bridgehead atoms. The molecule has 1 amide bonds. The van der Waals surface area contributed by atoms with E-state index in [1.54, 1.807) is 18.0 Å². The van der Waals surface area contributed by atoms with Gasteiger partial charge < -0.3 is 9.73 Å². The van der Waals surface area contributed by atoms with Crippen LogP contribution in [0.25, 0.3) is 0 Å². The van der Waals surface area contributed by atoms with Gasteiger partial charge in [-0.25, -0.2) is 0 Å². The Kier molecular flexibility index (Phi) is 5.51. The molecule has 21 heavy (non-hydrogen) atoms. The highest BCUT2D eigenvalue weighted by Crippen LogP contribution is 2.23. The first-order valence-corrected chi connectivity index (χ1v) is 8.17. The van der Waals surface area contributed by atoms with Crippen LogP contribution in [0.15, 0.2) is 41.0 Å². The van der Waals surface area contributed by atoms with Crippen LogP contribution in [-0.4, -0.2) is 11.2 Å². The van der Waals surface area contributed by atoms with E-state index in [0.29, 0.717) is 5.75 Å². The Morgan fingerprint density at radius 2 is 2.10 bits per heavy atom. The molecule has 0 fully saturated rings. The number of furan rings is 1. The first-order valence-electron chi connectivity index (χ1n) is 7.12. The number of benzene rings is 1. The molecule has 0 saturated carbocycles. The number of carbonyl (C=O) groups excluding carboxylic acids is 1. The molecule has 1 heterocycles. The number of nitrogens with one attached hydrogen (secondary N) is 1. The van der Waals surface area contributed by atoms with Gasteiger partial charge in [-0.15, -0.1) is 11.8 Å². The average molecular weight is 303 g/mol. The van der Waals surface area contributed by atoms with Gasteiger partial charge in [-0.2, -0.15) is 0 Å². The van der Waals surface area contributed by atoms with Gasteiger partial charge in [0.2, 0.25) is 5.91 Å². The zero-order chi connectivity index (χ0) is 15.2. The Balaban J connectivity index is 1.94. The van der Waals surface area contributed by atoms with Crippen molar-refractivity contribution in [3.8, 4) is 0 Å². The summed E-state index contributed by atoms with van der Waals surface area (Å²) in [7, 11) is 0. The lowest BCUT2D eigenvalue weighted by Gasteiger charge is -2.15. The maximum atomic E-state index is 12.3. The van der Waals surface area contributed by atoms with Crippen molar-refractivity contribution < 1.29 is 9.21 Å². The van der Waals surface area contributed by atoms with E-state index in [1.807, 2.05) is 44.2 Å². The lowest BCUT2D eigenvalue weighted by Crippen LogP contribution is -2.24. The van der Waals surface area contributed by atoms with Gasteiger partial charge in [0.1, 0.15) is 5.76 Å². The zero-order valence-electron chi connectivity index (χ0n) is 12.7. The molecule has 0 aliphatic rings. The molecular weight excluding hydrogens is 282 g/mol. The normalized spacial score (nSPS) is 12.1. The number of carbonyl (C=O) groups is 1. The van der Waals surface area contributed by atoms with Gasteiger partial charge in [-0.1, -0.05) is 13.0 Å². The molecule has 0 radical (unpaired) electrons. The van der Waals surface area contributed by atoms with Crippen LogP contribution < -0.4 is 5.32 Å². The van der Waals surface area contributed by atoms with Crippen LogP contribution in [-0.2, 0) is 10.5 Å². The van der Waals surface area contributed by atoms with Crippen molar-refractivity contribution in [1.29, 1.82) is 0 Å². The maximum Gasteiger partial charge on any atom is 0.237 e. The molecular formula is C17H21NO2S. The van der Waals surface area contributed by atoms with E-state index in [4.69, 9.17) is 4.42 Å². The molecule has 4 heteroatoms. The average Bonchev–Trinajstić information content (AvgIpc) is 2.97. The molecule has 0 saturated heterocycles. The molecule has 1 aromatic carbocycles. The molecule has 112 valence electrons. The highest BCUT2D eigenvalue weighted by Gasteiger charge is 2.17. The number of thioether (sulfide) groups is 1. The molecule has 1 aromatic heterocycles. The van der Waals surface area contributed by atoms with E-state index in [2.05, 4.69) is 12.2 Å². The predicted molar refractivity (Wildman–Crippen MR) is 88.6 cm³/mol. The van der Waals surface area contributed by atoms with Crippen LogP contribution in [0.3, 0.4) is 0 Å². The first-order chi connectivity index (χ1) is 10.1. The second-order valence-electron chi connectivity index (χ2n) is 5.08. The molecule has 1 N–H and O–H groups in total. The maximum absolute atomic E-state index is 12.3. The standard InChI is InChI=1S/C17H21NO2S/c1-4-16(21-11-15-6-5-9-20-15)17(19)18-14-8-7-12(2)13(3)10-14/h5-10,16H,4,11H2,1-3H3,(H,18,19). The highest BCUT2D eigenvalue weighted by molar-refractivity contribution is 7.99. The van der Waals surface area contributed by atoms with Crippen molar-refractivity contribution in [2.24, 2.45) is 0 Å². The third-order valence-corrected chi connectivity index (χ3v) is 4.85. The molecule has 0 spiro atoms. The number of hydrogen-bond donors (Lipinski definition) is 1. The lowest BCUT2D eigenvalue weighted by molar-refractivity contribution is -0.115. The third-order valence-electron chi connectivity index (χ3n) is 3.44. The monoisotopic (exact) mass is 303 g/mol. The van der Waals surface area contributed by atoms with Gasteiger partial charge in [-0.05, 0) is 55.7 Å². The van der Waals surface area contributed by atoms with Crippen molar-refractivity contribution in [1.82, 2.24) is 0 Å². The minimum Gasteiger partial charge on any atom is -0.468 e. The number of aryl methyl sites for hydroxylation is 2. The molecule has 3 nitrogen and oxygen atoms in total. The second-order valence-corrected chi connectivity index (χ2v) is 6.27. The first kappa shape index (κ1) is 15.7. The number of amides is 1. The summed E-state index contributed by atoms with van der Waals surface area (Å²) in [6, 6.07) is 9.79. The molecule has 2 rings (SSSR count). The van der Waals surface area contributed by atoms with Crippen molar-refractivity contribution in [2.75, 3.05) is 5.32 Å². The summed E-state index contributed by atoms with van der Waals surface area (Å²) >= 11 is 1.61. The summed E-state index contributed by atoms with van der Waals surface area (Å²) in [5.41, 5.74) is 3.27. The fraction of sp³-hybridized carbons (Fsp3) is 0.353. The number of rotatable bonds is 6. The molecule has 1 unspecified atom stereocenters. The Labute approximate surface area is 130 Å². The van der Waals surface area contributed by atoms with Crippen molar-refractivity contribution in [3.63, 3.8) is 0 Å². The molecule has 2 aromatic rings. The smallest absolute Gasteiger partial charge is 0.237 e. The quantitative estimate of drug-likeness (QED) is 0.851. The van der Waals surface area contributed by atoms with E-state index < -0.39 is 0 Å². The largest absolute Gasteiger partial charge is 0.468 e. The summed E-state index contributed by atoms with van der Waals surface area (Å²) < 4.78 is 5.30. The third kappa shape index (κ3) is 4.39. The van der Waals surface area contributed by atoms with Gasteiger partial charge in [0.05, 0.1) is 17.3 Å². The van der Waals surface area contributed by atoms with Crippen molar-refractivity contribution in [2.45, 2.75) is 38.2 Å². The van der Waals surface area contributed by atoms with Gasteiger partial charge in [0, 0.05) is 5.69 Å². The van der Waals surface area contributed by atoms with Gasteiger partial charge >= 0.3 is 0 Å². The summed E-state index contributed by atoms with van der Waals surface area (Å²) in [4.78, 5) is 12.3. The molecule has 0 aliphatic heterocycles. The molecule has 1 atom stereocenters. The van der Waals surface area contributed by atoms with Crippen LogP contribution in [0.4, 0.5) is 5.69 Å². The SMILES string of the molecule is CCC(SCc1ccco1)C(=O)Nc1ccc(C)c(C)c1. The van der Waals surface area contributed by atoms with E-state index in [9.17, 15) is 4.79 Å². The van der Waals surface area contributed by atoms with Gasteiger partial charge in [0.25, 0.3) is 0 Å². The number of hydrogen-bond acceptors (Lipinski definition) is 3. The van der Waals surface area contributed by atoms with Crippen LogP contribution >= 0.6 is 11.8 Å². The summed E-state index contributed by atoms with van der Waals surface area (Å²) in [5, 5.41) is 2.93. The minimum absolute atomic E-state index is 0.0531. The van der Waals surface area contributed by atoms with Gasteiger partial charge in [-0.3, -0.25) is 4.79 Å². The highest BCUT2D eigenvalue weighted by atomic mass is 32.2. The van der Waals surface area contributed by atoms with Crippen molar-refractivity contribution >= 4 is 23.4 Å². The van der Waals surface area contributed by atoms with Crippen LogP contribution in [0.2, 0.25) is 0 Å².